The molecule has 0 unspecified atom stereocenters. The second-order valence-electron chi connectivity index (χ2n) is 5.47. The summed E-state index contributed by atoms with van der Waals surface area (Å²) in [5.74, 6) is -0.206. The minimum absolute atomic E-state index is 0.0354. The highest BCUT2D eigenvalue weighted by molar-refractivity contribution is 6.33. The monoisotopic (exact) mass is 347 g/mol. The average Bonchev–Trinajstić information content (AvgIpc) is 2.56. The molecule has 2 aromatic rings. The molecule has 0 saturated carbocycles. The molecule has 1 N–H and O–H groups in total. The molecule has 0 aliphatic rings. The fraction of sp³-hybridized carbons (Fsp3) is 0.235. The van der Waals surface area contributed by atoms with Crippen molar-refractivity contribution in [1.29, 1.82) is 0 Å². The quantitative estimate of drug-likeness (QED) is 0.635. The van der Waals surface area contributed by atoms with E-state index in [1.165, 1.54) is 12.1 Å². The Morgan fingerprint density at radius 1 is 1.29 bits per heavy atom. The Kier molecular flexibility index (Phi) is 5.89. The van der Waals surface area contributed by atoms with Crippen molar-refractivity contribution in [2.45, 2.75) is 13.0 Å². The van der Waals surface area contributed by atoms with Crippen LogP contribution >= 0.6 is 11.6 Å². The smallest absolute Gasteiger partial charge is 0.269 e. The lowest BCUT2D eigenvalue weighted by Crippen LogP contribution is -2.32. The van der Waals surface area contributed by atoms with Gasteiger partial charge in [-0.3, -0.25) is 19.8 Å². The highest BCUT2D eigenvalue weighted by Crippen LogP contribution is 2.23. The summed E-state index contributed by atoms with van der Waals surface area (Å²) in [6.45, 7) is 2.02. The predicted molar refractivity (Wildman–Crippen MR) is 94.2 cm³/mol. The topological polar surface area (TPSA) is 75.5 Å². The van der Waals surface area contributed by atoms with Crippen LogP contribution in [0.2, 0.25) is 5.02 Å². The first-order valence-electron chi connectivity index (χ1n) is 7.37. The highest BCUT2D eigenvalue weighted by Gasteiger charge is 2.17. The van der Waals surface area contributed by atoms with Crippen LogP contribution in [0.5, 0.6) is 0 Å². The van der Waals surface area contributed by atoms with Crippen molar-refractivity contribution < 1.29 is 9.72 Å². The van der Waals surface area contributed by atoms with Crippen LogP contribution in [0.15, 0.2) is 48.5 Å². The van der Waals surface area contributed by atoms with Gasteiger partial charge in [-0.15, -0.1) is 0 Å². The number of hydrogen-bond acceptors (Lipinski definition) is 4. The molecule has 2 aromatic carbocycles. The Labute approximate surface area is 145 Å². The molecule has 24 heavy (non-hydrogen) atoms. The minimum atomic E-state index is -0.430. The van der Waals surface area contributed by atoms with Crippen LogP contribution in [0.1, 0.15) is 18.5 Å². The third-order valence-electron chi connectivity index (χ3n) is 3.77. The van der Waals surface area contributed by atoms with E-state index < -0.39 is 4.92 Å². The molecule has 0 fully saturated rings. The van der Waals surface area contributed by atoms with Crippen LogP contribution in [-0.4, -0.2) is 29.3 Å². The number of carbonyl (C=O) groups is 1. The summed E-state index contributed by atoms with van der Waals surface area (Å²) >= 11 is 6.02. The number of halogens is 1. The minimum Gasteiger partial charge on any atom is -0.324 e. The van der Waals surface area contributed by atoms with Crippen molar-refractivity contribution >= 4 is 28.9 Å². The summed E-state index contributed by atoms with van der Waals surface area (Å²) in [7, 11) is 1.79. The van der Waals surface area contributed by atoms with Gasteiger partial charge < -0.3 is 5.32 Å². The Morgan fingerprint density at radius 2 is 2.00 bits per heavy atom. The second-order valence-corrected chi connectivity index (χ2v) is 5.88. The number of benzene rings is 2. The molecule has 0 aliphatic heterocycles. The number of nitro groups is 1. The van der Waals surface area contributed by atoms with Crippen molar-refractivity contribution in [3.8, 4) is 0 Å². The molecule has 1 atom stereocenters. The number of hydrogen-bond donors (Lipinski definition) is 1. The maximum atomic E-state index is 12.2. The number of likely N-dealkylation sites (N-methyl/N-ethyl adjacent to an activating group) is 1. The molecule has 0 heterocycles. The normalized spacial score (nSPS) is 12.0. The fourth-order valence-corrected chi connectivity index (χ4v) is 2.45. The van der Waals surface area contributed by atoms with Crippen LogP contribution in [0.25, 0.3) is 0 Å². The van der Waals surface area contributed by atoms with Crippen LogP contribution in [0.3, 0.4) is 0 Å². The standard InChI is InChI=1S/C17H18ClN3O3/c1-12(13-6-5-7-14(10-13)21(23)24)20(2)11-17(22)19-16-9-4-3-8-15(16)18/h3-10,12H,11H2,1-2H3,(H,19,22)/t12-/m0/s1. The fourth-order valence-electron chi connectivity index (χ4n) is 2.27. The van der Waals surface area contributed by atoms with Gasteiger partial charge in [0, 0.05) is 18.2 Å². The summed E-state index contributed by atoms with van der Waals surface area (Å²) in [6, 6.07) is 13.3. The van der Waals surface area contributed by atoms with Gasteiger partial charge in [-0.25, -0.2) is 0 Å². The maximum Gasteiger partial charge on any atom is 0.269 e. The molecule has 6 nitrogen and oxygen atoms in total. The first kappa shape index (κ1) is 17.9. The summed E-state index contributed by atoms with van der Waals surface area (Å²) < 4.78 is 0. The van der Waals surface area contributed by atoms with Crippen LogP contribution in [-0.2, 0) is 4.79 Å². The number of nitrogens with one attached hydrogen (secondary N) is 1. The SMILES string of the molecule is C[C@@H](c1cccc([N+](=O)[O-])c1)N(C)CC(=O)Nc1ccccc1Cl. The van der Waals surface area contributed by atoms with E-state index in [1.54, 1.807) is 43.4 Å². The first-order valence-corrected chi connectivity index (χ1v) is 7.75. The zero-order valence-electron chi connectivity index (χ0n) is 13.4. The highest BCUT2D eigenvalue weighted by atomic mass is 35.5. The van der Waals surface area contributed by atoms with Gasteiger partial charge in [0.05, 0.1) is 22.2 Å². The lowest BCUT2D eigenvalue weighted by Gasteiger charge is -2.24. The molecule has 0 bridgehead atoms. The van der Waals surface area contributed by atoms with E-state index in [1.807, 2.05) is 11.8 Å². The largest absolute Gasteiger partial charge is 0.324 e. The Hall–Kier alpha value is -2.44. The van der Waals surface area contributed by atoms with E-state index in [-0.39, 0.29) is 24.2 Å². The summed E-state index contributed by atoms with van der Waals surface area (Å²) in [6.07, 6.45) is 0. The van der Waals surface area contributed by atoms with Gasteiger partial charge in [0.1, 0.15) is 0 Å². The van der Waals surface area contributed by atoms with E-state index in [4.69, 9.17) is 11.6 Å². The van der Waals surface area contributed by atoms with Gasteiger partial charge in [0.2, 0.25) is 5.91 Å². The summed E-state index contributed by atoms with van der Waals surface area (Å²) in [5, 5.41) is 14.1. The molecular weight excluding hydrogens is 330 g/mol. The van der Waals surface area contributed by atoms with Crippen molar-refractivity contribution in [3.05, 3.63) is 69.2 Å². The van der Waals surface area contributed by atoms with Gasteiger partial charge in [0.25, 0.3) is 5.69 Å². The van der Waals surface area contributed by atoms with Gasteiger partial charge in [-0.2, -0.15) is 0 Å². The Morgan fingerprint density at radius 3 is 2.67 bits per heavy atom. The Bertz CT molecular complexity index is 751. The number of nitrogens with zero attached hydrogens (tertiary/aromatic N) is 2. The number of nitro benzene ring substituents is 1. The number of carbonyl (C=O) groups excluding carboxylic acids is 1. The van der Waals surface area contributed by atoms with Crippen LogP contribution < -0.4 is 5.32 Å². The molecule has 0 saturated heterocycles. The van der Waals surface area contributed by atoms with Gasteiger partial charge in [-0.05, 0) is 31.7 Å². The third kappa shape index (κ3) is 4.53. The first-order chi connectivity index (χ1) is 11.4. The molecule has 0 spiro atoms. The average molecular weight is 348 g/mol. The lowest BCUT2D eigenvalue weighted by atomic mass is 10.1. The molecular formula is C17H18ClN3O3. The number of amides is 1. The summed E-state index contributed by atoms with van der Waals surface area (Å²) in [4.78, 5) is 24.4. The van der Waals surface area contributed by atoms with E-state index in [0.29, 0.717) is 10.7 Å². The molecule has 7 heteroatoms. The van der Waals surface area contributed by atoms with Gasteiger partial charge in [0.15, 0.2) is 0 Å². The van der Waals surface area contributed by atoms with Crippen molar-refractivity contribution in [2.24, 2.45) is 0 Å². The number of para-hydroxylation sites is 1. The molecule has 126 valence electrons. The molecule has 1 amide bonds. The van der Waals surface area contributed by atoms with Crippen LogP contribution in [0.4, 0.5) is 11.4 Å². The Balaban J connectivity index is 2.02. The third-order valence-corrected chi connectivity index (χ3v) is 4.10. The van der Waals surface area contributed by atoms with Gasteiger partial charge in [-0.1, -0.05) is 35.9 Å². The summed E-state index contributed by atoms with van der Waals surface area (Å²) in [5.41, 5.74) is 1.37. The van der Waals surface area contributed by atoms with Crippen molar-refractivity contribution in [3.63, 3.8) is 0 Å². The predicted octanol–water partition coefficient (Wildman–Crippen LogP) is 3.88. The molecule has 0 aromatic heterocycles. The number of non-ortho nitro benzene ring substituents is 1. The van der Waals surface area contributed by atoms with Crippen LogP contribution in [0, 0.1) is 10.1 Å². The maximum absolute atomic E-state index is 12.2. The molecule has 2 rings (SSSR count). The number of anilines is 1. The van der Waals surface area contributed by atoms with E-state index in [2.05, 4.69) is 5.32 Å². The van der Waals surface area contributed by atoms with Crippen molar-refractivity contribution in [2.75, 3.05) is 18.9 Å². The zero-order valence-corrected chi connectivity index (χ0v) is 14.2. The lowest BCUT2D eigenvalue weighted by molar-refractivity contribution is -0.384. The van der Waals surface area contributed by atoms with E-state index in [0.717, 1.165) is 5.56 Å². The van der Waals surface area contributed by atoms with Crippen molar-refractivity contribution in [1.82, 2.24) is 4.90 Å². The zero-order chi connectivity index (χ0) is 17.7. The number of rotatable bonds is 6. The molecule has 0 radical (unpaired) electrons. The van der Waals surface area contributed by atoms with E-state index in [9.17, 15) is 14.9 Å². The van der Waals surface area contributed by atoms with Gasteiger partial charge >= 0.3 is 0 Å². The van der Waals surface area contributed by atoms with E-state index >= 15 is 0 Å². The second kappa shape index (κ2) is 7.90. The molecule has 0 aliphatic carbocycles.